The van der Waals surface area contributed by atoms with Crippen LogP contribution in [-0.4, -0.2) is 48.6 Å². The fourth-order valence-corrected chi connectivity index (χ4v) is 4.98. The molecule has 2 saturated heterocycles. The lowest BCUT2D eigenvalue weighted by atomic mass is 9.84. The molecule has 0 bridgehead atoms. The van der Waals surface area contributed by atoms with Crippen LogP contribution in [0.15, 0.2) is 48.5 Å². The van der Waals surface area contributed by atoms with E-state index in [4.69, 9.17) is 21.1 Å². The molecule has 2 fully saturated rings. The number of amides is 2. The van der Waals surface area contributed by atoms with E-state index in [2.05, 4.69) is 5.32 Å². The van der Waals surface area contributed by atoms with Gasteiger partial charge in [0.2, 0.25) is 11.8 Å². The standard InChI is InChI=1S/C26H31ClN2O4/c1-32-21-6-4-5-19(17-21)18-26(13-9-24(30)28-26)14-10-25(31)29-15-11-20(12-16-29)33-23-8-3-2-7-22(23)27/h2-8,17,20H,9-16,18H2,1H3,(H,28,30)/t26-/m1/s1. The highest BCUT2D eigenvalue weighted by atomic mass is 35.5. The van der Waals surface area contributed by atoms with Crippen LogP contribution in [0.2, 0.25) is 5.02 Å². The van der Waals surface area contributed by atoms with Gasteiger partial charge in [0.05, 0.1) is 12.1 Å². The highest BCUT2D eigenvalue weighted by Gasteiger charge is 2.38. The van der Waals surface area contributed by atoms with Crippen molar-refractivity contribution in [2.75, 3.05) is 20.2 Å². The van der Waals surface area contributed by atoms with Gasteiger partial charge in [-0.25, -0.2) is 0 Å². The second kappa shape index (κ2) is 10.5. The maximum absolute atomic E-state index is 13.0. The Kier molecular flexibility index (Phi) is 7.43. The van der Waals surface area contributed by atoms with E-state index in [1.54, 1.807) is 7.11 Å². The summed E-state index contributed by atoms with van der Waals surface area (Å²) >= 11 is 6.20. The number of rotatable bonds is 8. The molecule has 2 aromatic carbocycles. The molecular weight excluding hydrogens is 440 g/mol. The van der Waals surface area contributed by atoms with E-state index in [0.717, 1.165) is 30.6 Å². The van der Waals surface area contributed by atoms with Gasteiger partial charge >= 0.3 is 0 Å². The molecule has 0 aromatic heterocycles. The van der Waals surface area contributed by atoms with Crippen molar-refractivity contribution < 1.29 is 19.1 Å². The second-order valence-corrected chi connectivity index (χ2v) is 9.39. The first-order valence-corrected chi connectivity index (χ1v) is 12.0. The molecule has 0 unspecified atom stereocenters. The minimum atomic E-state index is -0.384. The molecule has 0 spiro atoms. The van der Waals surface area contributed by atoms with E-state index < -0.39 is 0 Å². The third kappa shape index (κ3) is 5.99. The lowest BCUT2D eigenvalue weighted by Crippen LogP contribution is -2.46. The van der Waals surface area contributed by atoms with Gasteiger partial charge in [0.15, 0.2) is 0 Å². The van der Waals surface area contributed by atoms with Crippen molar-refractivity contribution in [1.82, 2.24) is 10.2 Å². The van der Waals surface area contributed by atoms with Gasteiger partial charge < -0.3 is 19.7 Å². The molecule has 2 amide bonds. The monoisotopic (exact) mass is 470 g/mol. The van der Waals surface area contributed by atoms with Crippen molar-refractivity contribution in [3.8, 4) is 11.5 Å². The molecular formula is C26H31ClN2O4. The molecule has 1 N–H and O–H groups in total. The van der Waals surface area contributed by atoms with Crippen molar-refractivity contribution in [2.45, 2.75) is 56.6 Å². The number of hydrogen-bond donors (Lipinski definition) is 1. The molecule has 33 heavy (non-hydrogen) atoms. The number of para-hydroxylation sites is 1. The molecule has 1 atom stereocenters. The lowest BCUT2D eigenvalue weighted by molar-refractivity contribution is -0.133. The Labute approximate surface area is 200 Å². The molecule has 2 aliphatic heterocycles. The summed E-state index contributed by atoms with van der Waals surface area (Å²) in [7, 11) is 1.65. The molecule has 7 heteroatoms. The summed E-state index contributed by atoms with van der Waals surface area (Å²) in [5.74, 6) is 1.69. The third-order valence-electron chi connectivity index (χ3n) is 6.65. The topological polar surface area (TPSA) is 67.9 Å². The van der Waals surface area contributed by atoms with Crippen LogP contribution >= 0.6 is 11.6 Å². The zero-order valence-corrected chi connectivity index (χ0v) is 19.8. The molecule has 0 saturated carbocycles. The van der Waals surface area contributed by atoms with Gasteiger partial charge in [-0.05, 0) is 49.1 Å². The number of piperidine rings is 1. The Morgan fingerprint density at radius 3 is 2.67 bits per heavy atom. The molecule has 2 aromatic rings. The lowest BCUT2D eigenvalue weighted by Gasteiger charge is -2.34. The summed E-state index contributed by atoms with van der Waals surface area (Å²) in [4.78, 5) is 27.0. The van der Waals surface area contributed by atoms with Crippen LogP contribution < -0.4 is 14.8 Å². The quantitative estimate of drug-likeness (QED) is 0.621. The van der Waals surface area contributed by atoms with E-state index in [0.29, 0.717) is 49.5 Å². The van der Waals surface area contributed by atoms with Gasteiger partial charge in [-0.3, -0.25) is 9.59 Å². The second-order valence-electron chi connectivity index (χ2n) is 8.99. The van der Waals surface area contributed by atoms with Crippen LogP contribution in [0.1, 0.15) is 44.1 Å². The van der Waals surface area contributed by atoms with Crippen LogP contribution in [0.25, 0.3) is 0 Å². The first-order chi connectivity index (χ1) is 16.0. The first kappa shape index (κ1) is 23.4. The van der Waals surface area contributed by atoms with Gasteiger partial charge in [-0.2, -0.15) is 0 Å². The molecule has 0 aliphatic carbocycles. The third-order valence-corrected chi connectivity index (χ3v) is 6.97. The van der Waals surface area contributed by atoms with Gasteiger partial charge in [-0.1, -0.05) is 35.9 Å². The van der Waals surface area contributed by atoms with Crippen LogP contribution in [0.3, 0.4) is 0 Å². The van der Waals surface area contributed by atoms with Crippen LogP contribution in [-0.2, 0) is 16.0 Å². The number of likely N-dealkylation sites (tertiary alicyclic amines) is 1. The average molecular weight is 471 g/mol. The summed E-state index contributed by atoms with van der Waals surface area (Å²) in [6, 6.07) is 15.4. The summed E-state index contributed by atoms with van der Waals surface area (Å²) in [5, 5.41) is 3.78. The zero-order valence-electron chi connectivity index (χ0n) is 19.0. The van der Waals surface area contributed by atoms with Crippen molar-refractivity contribution >= 4 is 23.4 Å². The Bertz CT molecular complexity index is 990. The Hall–Kier alpha value is -2.73. The summed E-state index contributed by atoms with van der Waals surface area (Å²) in [6.07, 6.45) is 4.60. The Morgan fingerprint density at radius 2 is 1.97 bits per heavy atom. The maximum atomic E-state index is 13.0. The van der Waals surface area contributed by atoms with Crippen molar-refractivity contribution in [3.63, 3.8) is 0 Å². The van der Waals surface area contributed by atoms with E-state index in [-0.39, 0.29) is 23.5 Å². The van der Waals surface area contributed by atoms with E-state index >= 15 is 0 Å². The van der Waals surface area contributed by atoms with Crippen LogP contribution in [0.5, 0.6) is 11.5 Å². The predicted molar refractivity (Wildman–Crippen MR) is 128 cm³/mol. The highest BCUT2D eigenvalue weighted by molar-refractivity contribution is 6.32. The number of nitrogens with zero attached hydrogens (tertiary/aromatic N) is 1. The summed E-state index contributed by atoms with van der Waals surface area (Å²) < 4.78 is 11.4. The molecule has 176 valence electrons. The van der Waals surface area contributed by atoms with Crippen molar-refractivity contribution in [2.24, 2.45) is 0 Å². The van der Waals surface area contributed by atoms with Crippen molar-refractivity contribution in [3.05, 3.63) is 59.1 Å². The van der Waals surface area contributed by atoms with E-state index in [1.807, 2.05) is 53.4 Å². The van der Waals surface area contributed by atoms with Crippen LogP contribution in [0.4, 0.5) is 0 Å². The van der Waals surface area contributed by atoms with Gasteiger partial charge in [0.25, 0.3) is 0 Å². The average Bonchev–Trinajstić information content (AvgIpc) is 3.20. The summed E-state index contributed by atoms with van der Waals surface area (Å²) in [5.41, 5.74) is 0.714. The zero-order chi connectivity index (χ0) is 23.3. The number of nitrogens with one attached hydrogen (secondary N) is 1. The Balaban J connectivity index is 1.31. The SMILES string of the molecule is COc1cccc(C[C@]2(CCC(=O)N3CCC(Oc4ccccc4Cl)CC3)CCC(=O)N2)c1. The number of ether oxygens (including phenoxy) is 2. The number of carbonyl (C=O) groups is 2. The minimum Gasteiger partial charge on any atom is -0.497 e. The normalized spacial score (nSPS) is 21.0. The number of halogens is 1. The minimum absolute atomic E-state index is 0.0578. The van der Waals surface area contributed by atoms with E-state index in [9.17, 15) is 9.59 Å². The van der Waals surface area contributed by atoms with Gasteiger partial charge in [0.1, 0.15) is 17.6 Å². The Morgan fingerprint density at radius 1 is 1.18 bits per heavy atom. The number of carbonyl (C=O) groups excluding carboxylic acids is 2. The summed E-state index contributed by atoms with van der Waals surface area (Å²) in [6.45, 7) is 1.34. The number of hydrogen-bond acceptors (Lipinski definition) is 4. The van der Waals surface area contributed by atoms with Gasteiger partial charge in [-0.15, -0.1) is 0 Å². The first-order valence-electron chi connectivity index (χ1n) is 11.6. The number of methoxy groups -OCH3 is 1. The fourth-order valence-electron chi connectivity index (χ4n) is 4.80. The highest BCUT2D eigenvalue weighted by Crippen LogP contribution is 2.31. The maximum Gasteiger partial charge on any atom is 0.222 e. The molecule has 2 heterocycles. The van der Waals surface area contributed by atoms with E-state index in [1.165, 1.54) is 0 Å². The van der Waals surface area contributed by atoms with Gasteiger partial charge in [0, 0.05) is 44.3 Å². The molecule has 0 radical (unpaired) electrons. The van der Waals surface area contributed by atoms with Crippen LogP contribution in [0, 0.1) is 0 Å². The molecule has 2 aliphatic rings. The smallest absolute Gasteiger partial charge is 0.222 e. The number of benzene rings is 2. The van der Waals surface area contributed by atoms with Crippen molar-refractivity contribution in [1.29, 1.82) is 0 Å². The molecule has 6 nitrogen and oxygen atoms in total. The predicted octanol–water partition coefficient (Wildman–Crippen LogP) is 4.39. The largest absolute Gasteiger partial charge is 0.497 e. The molecule has 4 rings (SSSR count). The fraction of sp³-hybridized carbons (Fsp3) is 0.462.